The lowest BCUT2D eigenvalue weighted by atomic mass is 10.2. The molecular formula is C13H15ClN2O3. The Hall–Kier alpha value is -1.75. The van der Waals surface area contributed by atoms with Gasteiger partial charge in [-0.1, -0.05) is 11.6 Å². The van der Waals surface area contributed by atoms with E-state index in [0.29, 0.717) is 17.1 Å². The van der Waals surface area contributed by atoms with Gasteiger partial charge in [0.2, 0.25) is 5.91 Å². The number of rotatable bonds is 4. The van der Waals surface area contributed by atoms with Crippen LogP contribution in [0.25, 0.3) is 0 Å². The zero-order valence-corrected chi connectivity index (χ0v) is 11.4. The molecular weight excluding hydrogens is 268 g/mol. The van der Waals surface area contributed by atoms with Gasteiger partial charge in [-0.15, -0.1) is 0 Å². The molecule has 0 aliphatic heterocycles. The molecule has 1 aliphatic rings. The van der Waals surface area contributed by atoms with Gasteiger partial charge in [-0.05, 0) is 24.6 Å². The first-order chi connectivity index (χ1) is 8.90. The summed E-state index contributed by atoms with van der Waals surface area (Å²) in [5.41, 5.74) is 1.44. The molecule has 1 aromatic carbocycles. The van der Waals surface area contributed by atoms with Gasteiger partial charge in [0.15, 0.2) is 0 Å². The highest BCUT2D eigenvalue weighted by Gasteiger charge is 2.48. The second-order valence-corrected chi connectivity index (χ2v) is 5.24. The fourth-order valence-electron chi connectivity index (χ4n) is 1.94. The van der Waals surface area contributed by atoms with Crippen molar-refractivity contribution in [2.45, 2.75) is 6.42 Å². The van der Waals surface area contributed by atoms with E-state index in [4.69, 9.17) is 16.7 Å². The van der Waals surface area contributed by atoms with E-state index in [2.05, 4.69) is 5.32 Å². The number of carbonyl (C=O) groups excluding carboxylic acids is 1. The molecule has 2 N–H and O–H groups in total. The average molecular weight is 283 g/mol. The number of nitrogens with zero attached hydrogens (tertiary/aromatic N) is 1. The van der Waals surface area contributed by atoms with E-state index in [0.717, 1.165) is 5.69 Å². The van der Waals surface area contributed by atoms with Crippen LogP contribution in [0.1, 0.15) is 6.42 Å². The van der Waals surface area contributed by atoms with Gasteiger partial charge in [-0.2, -0.15) is 0 Å². The quantitative estimate of drug-likeness (QED) is 0.887. The van der Waals surface area contributed by atoms with Gasteiger partial charge in [0.05, 0.1) is 22.5 Å². The first-order valence-corrected chi connectivity index (χ1v) is 6.28. The lowest BCUT2D eigenvalue weighted by Gasteiger charge is -2.15. The summed E-state index contributed by atoms with van der Waals surface area (Å²) in [4.78, 5) is 24.4. The van der Waals surface area contributed by atoms with Gasteiger partial charge in [0.1, 0.15) is 0 Å². The van der Waals surface area contributed by atoms with Gasteiger partial charge in [0, 0.05) is 19.8 Å². The number of carboxylic acids is 1. The van der Waals surface area contributed by atoms with Crippen LogP contribution in [0.2, 0.25) is 5.02 Å². The predicted octanol–water partition coefficient (Wildman–Crippen LogP) is 2.07. The number of nitrogens with one attached hydrogen (secondary N) is 1. The zero-order chi connectivity index (χ0) is 14.2. The van der Waals surface area contributed by atoms with E-state index in [-0.39, 0.29) is 5.91 Å². The Kier molecular flexibility index (Phi) is 3.66. The molecule has 5 nitrogen and oxygen atoms in total. The minimum absolute atomic E-state index is 0.263. The molecule has 0 spiro atoms. The SMILES string of the molecule is CN(C)c1ccc(NC(=O)[C@@H]2C[C@@H]2C(=O)O)cc1Cl. The van der Waals surface area contributed by atoms with Gasteiger partial charge >= 0.3 is 5.97 Å². The molecule has 6 heteroatoms. The summed E-state index contributed by atoms with van der Waals surface area (Å²) in [6, 6.07) is 5.21. The first kappa shape index (κ1) is 13.7. The van der Waals surface area contributed by atoms with Crippen molar-refractivity contribution in [3.8, 4) is 0 Å². The second-order valence-electron chi connectivity index (χ2n) is 4.84. The van der Waals surface area contributed by atoms with Crippen LogP contribution in [-0.2, 0) is 9.59 Å². The molecule has 1 aliphatic carbocycles. The Balaban J connectivity index is 2.02. The Morgan fingerprint density at radius 3 is 2.53 bits per heavy atom. The van der Waals surface area contributed by atoms with Crippen LogP contribution in [0.15, 0.2) is 18.2 Å². The van der Waals surface area contributed by atoms with Gasteiger partial charge < -0.3 is 15.3 Å². The van der Waals surface area contributed by atoms with Crippen LogP contribution in [-0.4, -0.2) is 31.1 Å². The molecule has 0 radical (unpaired) electrons. The van der Waals surface area contributed by atoms with Crippen molar-refractivity contribution in [3.05, 3.63) is 23.2 Å². The largest absolute Gasteiger partial charge is 0.481 e. The fraction of sp³-hybridized carbons (Fsp3) is 0.385. The highest BCUT2D eigenvalue weighted by molar-refractivity contribution is 6.33. The minimum atomic E-state index is -0.916. The number of aliphatic carboxylic acids is 1. The topological polar surface area (TPSA) is 69.6 Å². The molecule has 0 aromatic heterocycles. The van der Waals surface area contributed by atoms with E-state index < -0.39 is 17.8 Å². The monoisotopic (exact) mass is 282 g/mol. The average Bonchev–Trinajstić information content (AvgIpc) is 3.08. The molecule has 1 saturated carbocycles. The molecule has 1 amide bonds. The third kappa shape index (κ3) is 2.98. The third-order valence-electron chi connectivity index (χ3n) is 3.14. The highest BCUT2D eigenvalue weighted by atomic mass is 35.5. The molecule has 0 heterocycles. The van der Waals surface area contributed by atoms with E-state index in [1.165, 1.54) is 0 Å². The standard InChI is InChI=1S/C13H15ClN2O3/c1-16(2)11-4-3-7(5-10(11)14)15-12(17)8-6-9(8)13(18)19/h3-5,8-9H,6H2,1-2H3,(H,15,17)(H,18,19)/t8-,9+/m1/s1. The highest BCUT2D eigenvalue weighted by Crippen LogP contribution is 2.39. The van der Waals surface area contributed by atoms with Crippen molar-refractivity contribution in [1.29, 1.82) is 0 Å². The van der Waals surface area contributed by atoms with Crippen molar-refractivity contribution in [2.75, 3.05) is 24.3 Å². The summed E-state index contributed by atoms with van der Waals surface area (Å²) in [6.45, 7) is 0. The number of hydrogen-bond acceptors (Lipinski definition) is 3. The second kappa shape index (κ2) is 5.09. The molecule has 2 atom stereocenters. The van der Waals surface area contributed by atoms with Crippen molar-refractivity contribution >= 4 is 34.9 Å². The molecule has 0 saturated heterocycles. The minimum Gasteiger partial charge on any atom is -0.481 e. The normalized spacial score (nSPS) is 20.8. The molecule has 0 unspecified atom stereocenters. The van der Waals surface area contributed by atoms with Crippen molar-refractivity contribution < 1.29 is 14.7 Å². The maximum absolute atomic E-state index is 11.8. The number of hydrogen-bond donors (Lipinski definition) is 2. The lowest BCUT2D eigenvalue weighted by molar-refractivity contribution is -0.139. The summed E-state index contributed by atoms with van der Waals surface area (Å²) >= 11 is 6.10. The third-order valence-corrected chi connectivity index (χ3v) is 3.44. The number of carboxylic acid groups (broad SMARTS) is 1. The lowest BCUT2D eigenvalue weighted by Crippen LogP contribution is -2.17. The Morgan fingerprint density at radius 2 is 2.05 bits per heavy atom. The van der Waals surface area contributed by atoms with Crippen molar-refractivity contribution in [2.24, 2.45) is 11.8 Å². The molecule has 2 rings (SSSR count). The van der Waals surface area contributed by atoms with Crippen LogP contribution >= 0.6 is 11.6 Å². The number of anilines is 2. The van der Waals surface area contributed by atoms with E-state index in [1.54, 1.807) is 18.2 Å². The molecule has 1 fully saturated rings. The Bertz CT molecular complexity index is 531. The molecule has 102 valence electrons. The zero-order valence-electron chi connectivity index (χ0n) is 10.7. The van der Waals surface area contributed by atoms with Crippen molar-refractivity contribution in [1.82, 2.24) is 0 Å². The smallest absolute Gasteiger partial charge is 0.307 e. The van der Waals surface area contributed by atoms with Gasteiger partial charge in [0.25, 0.3) is 0 Å². The van der Waals surface area contributed by atoms with Crippen LogP contribution in [0, 0.1) is 11.8 Å². The molecule has 19 heavy (non-hydrogen) atoms. The Morgan fingerprint density at radius 1 is 1.37 bits per heavy atom. The maximum Gasteiger partial charge on any atom is 0.307 e. The van der Waals surface area contributed by atoms with E-state index >= 15 is 0 Å². The van der Waals surface area contributed by atoms with Crippen molar-refractivity contribution in [3.63, 3.8) is 0 Å². The molecule has 1 aromatic rings. The predicted molar refractivity (Wildman–Crippen MR) is 73.6 cm³/mol. The first-order valence-electron chi connectivity index (χ1n) is 5.90. The fourth-order valence-corrected chi connectivity index (χ4v) is 2.29. The number of amides is 1. The van der Waals surface area contributed by atoms with Gasteiger partial charge in [-0.25, -0.2) is 0 Å². The summed E-state index contributed by atoms with van der Waals surface area (Å²) in [5, 5.41) is 12.0. The number of carbonyl (C=O) groups is 2. The van der Waals surface area contributed by atoms with Crippen LogP contribution < -0.4 is 10.2 Å². The summed E-state index contributed by atoms with van der Waals surface area (Å²) in [6.07, 6.45) is 0.407. The van der Waals surface area contributed by atoms with Crippen LogP contribution in [0.4, 0.5) is 11.4 Å². The van der Waals surface area contributed by atoms with Crippen LogP contribution in [0.3, 0.4) is 0 Å². The molecule has 0 bridgehead atoms. The van der Waals surface area contributed by atoms with E-state index in [1.807, 2.05) is 19.0 Å². The summed E-state index contributed by atoms with van der Waals surface area (Å²) in [5.74, 6) is -2.15. The van der Waals surface area contributed by atoms with Gasteiger partial charge in [-0.3, -0.25) is 9.59 Å². The number of halogens is 1. The summed E-state index contributed by atoms with van der Waals surface area (Å²) < 4.78 is 0. The number of benzene rings is 1. The van der Waals surface area contributed by atoms with Crippen LogP contribution in [0.5, 0.6) is 0 Å². The maximum atomic E-state index is 11.8. The van der Waals surface area contributed by atoms with E-state index in [9.17, 15) is 9.59 Å². The Labute approximate surface area is 116 Å². The summed E-state index contributed by atoms with van der Waals surface area (Å²) in [7, 11) is 3.75.